The van der Waals surface area contributed by atoms with Gasteiger partial charge in [0.2, 0.25) is 0 Å². The van der Waals surface area contributed by atoms with Crippen LogP contribution < -0.4 is 10.6 Å². The van der Waals surface area contributed by atoms with E-state index in [1.807, 2.05) is 24.0 Å². The number of anilines is 2. The Labute approximate surface area is 118 Å². The molecule has 5 heteroatoms. The zero-order chi connectivity index (χ0) is 14.3. The third kappa shape index (κ3) is 1.95. The highest BCUT2D eigenvalue weighted by Crippen LogP contribution is 2.31. The molecule has 0 bridgehead atoms. The molecule has 0 fully saturated rings. The molecule has 0 unspecified atom stereocenters. The molecule has 0 atom stereocenters. The molecule has 2 heterocycles. The quantitative estimate of drug-likeness (QED) is 0.860. The fraction of sp³-hybridized carbons (Fsp3) is 0.333. The number of fused-ring (bicyclic) bond motifs is 1. The van der Waals surface area contributed by atoms with Crippen molar-refractivity contribution in [3.8, 4) is 0 Å². The lowest BCUT2D eigenvalue weighted by Crippen LogP contribution is -2.36. The van der Waals surface area contributed by atoms with Crippen molar-refractivity contribution in [3.05, 3.63) is 41.2 Å². The number of carbonyl (C=O) groups is 1. The Kier molecular flexibility index (Phi) is 2.97. The van der Waals surface area contributed by atoms with Gasteiger partial charge < -0.3 is 10.6 Å². The van der Waals surface area contributed by atoms with E-state index in [1.165, 1.54) is 5.56 Å². The van der Waals surface area contributed by atoms with Crippen molar-refractivity contribution in [2.24, 2.45) is 7.05 Å². The van der Waals surface area contributed by atoms with Gasteiger partial charge in [0.05, 0.1) is 11.4 Å². The van der Waals surface area contributed by atoms with Gasteiger partial charge in [0, 0.05) is 19.8 Å². The highest BCUT2D eigenvalue weighted by molar-refractivity contribution is 6.08. The molecule has 0 saturated carbocycles. The molecule has 2 aromatic rings. The lowest BCUT2D eigenvalue weighted by atomic mass is 9.98. The van der Waals surface area contributed by atoms with E-state index in [-0.39, 0.29) is 5.91 Å². The Balaban J connectivity index is 2.05. The van der Waals surface area contributed by atoms with Crippen LogP contribution in [-0.2, 0) is 13.5 Å². The van der Waals surface area contributed by atoms with E-state index in [0.717, 1.165) is 24.1 Å². The molecule has 3 rings (SSSR count). The van der Waals surface area contributed by atoms with Crippen LogP contribution >= 0.6 is 0 Å². The molecule has 1 aliphatic rings. The largest absolute Gasteiger partial charge is 0.396 e. The molecule has 0 radical (unpaired) electrons. The van der Waals surface area contributed by atoms with E-state index in [1.54, 1.807) is 17.9 Å². The minimum absolute atomic E-state index is 0.113. The first-order chi connectivity index (χ1) is 9.58. The van der Waals surface area contributed by atoms with Crippen molar-refractivity contribution in [1.29, 1.82) is 0 Å². The maximum atomic E-state index is 12.7. The van der Waals surface area contributed by atoms with E-state index < -0.39 is 0 Å². The average Bonchev–Trinajstić information content (AvgIpc) is 2.77. The molecule has 0 aliphatic carbocycles. The van der Waals surface area contributed by atoms with Crippen molar-refractivity contribution in [2.45, 2.75) is 19.8 Å². The second kappa shape index (κ2) is 4.67. The average molecular weight is 270 g/mol. The molecule has 104 valence electrons. The van der Waals surface area contributed by atoms with Crippen molar-refractivity contribution < 1.29 is 4.79 Å². The number of aryl methyl sites for hydroxylation is 3. The molecular weight excluding hydrogens is 252 g/mol. The summed E-state index contributed by atoms with van der Waals surface area (Å²) in [6, 6.07) is 6.16. The van der Waals surface area contributed by atoms with Gasteiger partial charge in [-0.1, -0.05) is 18.2 Å². The number of aromatic nitrogens is 2. The van der Waals surface area contributed by atoms with Gasteiger partial charge >= 0.3 is 0 Å². The number of benzene rings is 1. The third-order valence-corrected chi connectivity index (χ3v) is 3.72. The first kappa shape index (κ1) is 12.7. The summed E-state index contributed by atoms with van der Waals surface area (Å²) in [5.74, 6) is -0.113. The number of hydrogen-bond donors (Lipinski definition) is 1. The van der Waals surface area contributed by atoms with Crippen LogP contribution in [-0.4, -0.2) is 22.2 Å². The topological polar surface area (TPSA) is 64.2 Å². The number of nitrogen functional groups attached to an aromatic ring is 1. The van der Waals surface area contributed by atoms with Crippen LogP contribution in [0.15, 0.2) is 24.4 Å². The summed E-state index contributed by atoms with van der Waals surface area (Å²) < 4.78 is 1.57. The smallest absolute Gasteiger partial charge is 0.280 e. The third-order valence-electron chi connectivity index (χ3n) is 3.72. The predicted molar refractivity (Wildman–Crippen MR) is 78.8 cm³/mol. The van der Waals surface area contributed by atoms with Crippen molar-refractivity contribution in [3.63, 3.8) is 0 Å². The molecule has 20 heavy (non-hydrogen) atoms. The molecule has 0 saturated heterocycles. The number of carbonyl (C=O) groups excluding carboxylic acids is 1. The fourth-order valence-corrected chi connectivity index (χ4v) is 2.85. The van der Waals surface area contributed by atoms with Crippen molar-refractivity contribution in [1.82, 2.24) is 9.78 Å². The molecule has 0 spiro atoms. The van der Waals surface area contributed by atoms with Gasteiger partial charge in [0.15, 0.2) is 5.69 Å². The Bertz CT molecular complexity index is 675. The number of nitrogens with two attached hydrogens (primary N) is 1. The maximum Gasteiger partial charge on any atom is 0.280 e. The summed E-state index contributed by atoms with van der Waals surface area (Å²) in [5.41, 5.74) is 10.0. The molecule has 5 nitrogen and oxygen atoms in total. The van der Waals surface area contributed by atoms with E-state index >= 15 is 0 Å². The van der Waals surface area contributed by atoms with Gasteiger partial charge in [-0.15, -0.1) is 0 Å². The summed E-state index contributed by atoms with van der Waals surface area (Å²) in [6.45, 7) is 2.75. The minimum atomic E-state index is -0.113. The number of nitrogens with zero attached hydrogens (tertiary/aromatic N) is 3. The monoisotopic (exact) mass is 270 g/mol. The highest BCUT2D eigenvalue weighted by Gasteiger charge is 2.27. The van der Waals surface area contributed by atoms with E-state index in [0.29, 0.717) is 17.9 Å². The van der Waals surface area contributed by atoms with Crippen LogP contribution in [0.4, 0.5) is 11.4 Å². The molecular formula is C15H18N4O. The Hall–Kier alpha value is -2.30. The highest BCUT2D eigenvalue weighted by atomic mass is 16.2. The van der Waals surface area contributed by atoms with Gasteiger partial charge in [-0.2, -0.15) is 5.10 Å². The van der Waals surface area contributed by atoms with Crippen LogP contribution in [0.5, 0.6) is 0 Å². The summed E-state index contributed by atoms with van der Waals surface area (Å²) in [5, 5.41) is 4.19. The molecule has 2 N–H and O–H groups in total. The molecule has 1 aliphatic heterocycles. The summed E-state index contributed by atoms with van der Waals surface area (Å²) in [4.78, 5) is 14.5. The van der Waals surface area contributed by atoms with Crippen LogP contribution in [0, 0.1) is 6.92 Å². The lowest BCUT2D eigenvalue weighted by molar-refractivity contribution is 0.0980. The van der Waals surface area contributed by atoms with Crippen LogP contribution in [0.2, 0.25) is 0 Å². The van der Waals surface area contributed by atoms with Gasteiger partial charge in [-0.3, -0.25) is 9.48 Å². The zero-order valence-electron chi connectivity index (χ0n) is 11.8. The number of hydrogen-bond acceptors (Lipinski definition) is 3. The van der Waals surface area contributed by atoms with Crippen LogP contribution in [0.1, 0.15) is 28.0 Å². The first-order valence-corrected chi connectivity index (χ1v) is 6.77. The Morgan fingerprint density at radius 3 is 2.90 bits per heavy atom. The second-order valence-corrected chi connectivity index (χ2v) is 5.25. The molecule has 1 aromatic heterocycles. The summed E-state index contributed by atoms with van der Waals surface area (Å²) in [7, 11) is 1.77. The Morgan fingerprint density at radius 1 is 1.40 bits per heavy atom. The van der Waals surface area contributed by atoms with Gasteiger partial charge in [-0.25, -0.2) is 0 Å². The summed E-state index contributed by atoms with van der Waals surface area (Å²) >= 11 is 0. The first-order valence-electron chi connectivity index (χ1n) is 6.77. The van der Waals surface area contributed by atoms with E-state index in [4.69, 9.17) is 5.73 Å². The zero-order valence-corrected chi connectivity index (χ0v) is 11.8. The molecule has 1 aromatic carbocycles. The molecule has 1 amide bonds. The second-order valence-electron chi connectivity index (χ2n) is 5.25. The van der Waals surface area contributed by atoms with Gasteiger partial charge in [0.1, 0.15) is 0 Å². The van der Waals surface area contributed by atoms with Gasteiger partial charge in [-0.05, 0) is 30.9 Å². The Morgan fingerprint density at radius 2 is 2.20 bits per heavy atom. The van der Waals surface area contributed by atoms with Crippen molar-refractivity contribution in [2.75, 3.05) is 17.2 Å². The maximum absolute atomic E-state index is 12.7. The minimum Gasteiger partial charge on any atom is -0.396 e. The number of amides is 1. The predicted octanol–water partition coefficient (Wildman–Crippen LogP) is 1.90. The summed E-state index contributed by atoms with van der Waals surface area (Å²) in [6.07, 6.45) is 3.64. The lowest BCUT2D eigenvalue weighted by Gasteiger charge is -2.30. The number of rotatable bonds is 1. The standard InChI is InChI=1S/C15H18N4O/c1-10-5-3-6-11-7-4-8-19(14(10)11)15(20)13-12(16)9-18(2)17-13/h3,5-6,9H,4,7-8,16H2,1-2H3. The van der Waals surface area contributed by atoms with Crippen LogP contribution in [0.3, 0.4) is 0 Å². The van der Waals surface area contributed by atoms with E-state index in [9.17, 15) is 4.79 Å². The van der Waals surface area contributed by atoms with E-state index in [2.05, 4.69) is 11.2 Å². The van der Waals surface area contributed by atoms with Crippen LogP contribution in [0.25, 0.3) is 0 Å². The number of para-hydroxylation sites is 1. The van der Waals surface area contributed by atoms with Crippen molar-refractivity contribution >= 4 is 17.3 Å². The SMILES string of the molecule is Cc1cccc2c1N(C(=O)c1nn(C)cc1N)CCC2. The normalized spacial score (nSPS) is 14.2. The van der Waals surface area contributed by atoms with Gasteiger partial charge in [0.25, 0.3) is 5.91 Å². The fourth-order valence-electron chi connectivity index (χ4n) is 2.85.